The number of aliphatic hydroxyl groups excluding tert-OH is 2. The van der Waals surface area contributed by atoms with E-state index in [4.69, 9.17) is 0 Å². The lowest BCUT2D eigenvalue weighted by Crippen LogP contribution is -2.76. The molecular weight excluding hydrogens is 629 g/mol. The Morgan fingerprint density at radius 3 is 2.30 bits per heavy atom. The molecule has 0 aromatic carbocycles. The van der Waals surface area contributed by atoms with E-state index in [0.717, 1.165) is 33.4 Å². The van der Waals surface area contributed by atoms with Crippen LogP contribution in [0.3, 0.4) is 0 Å². The van der Waals surface area contributed by atoms with E-state index in [2.05, 4.69) is 39.8 Å². The zero-order valence-corrected chi connectivity index (χ0v) is 28.1. The number of rotatable bonds is 12. The summed E-state index contributed by atoms with van der Waals surface area (Å²) in [6, 6.07) is -0.702. The van der Waals surface area contributed by atoms with Crippen molar-refractivity contribution in [3.05, 3.63) is 54.8 Å². The maximum Gasteiger partial charge on any atom is 0.363 e. The molecule has 5 heterocycles. The van der Waals surface area contributed by atoms with Gasteiger partial charge in [-0.25, -0.2) is 4.99 Å². The van der Waals surface area contributed by atoms with Crippen LogP contribution >= 0.6 is 24.4 Å². The fourth-order valence-electron chi connectivity index (χ4n) is 7.00. The van der Waals surface area contributed by atoms with Gasteiger partial charge in [0, 0.05) is 57.6 Å². The Labute approximate surface area is 276 Å². The van der Waals surface area contributed by atoms with Crippen molar-refractivity contribution >= 4 is 60.3 Å². The average Bonchev–Trinajstić information content (AvgIpc) is 3.55. The highest BCUT2D eigenvalue weighted by atomic mass is 32.2. The average molecular weight is 672 g/mol. The molecule has 46 heavy (non-hydrogen) atoms. The van der Waals surface area contributed by atoms with Crippen molar-refractivity contribution in [2.24, 2.45) is 17.8 Å². The summed E-state index contributed by atoms with van der Waals surface area (Å²) in [5.41, 5.74) is 5.19. The molecule has 2 fully saturated rings. The Kier molecular flexibility index (Phi) is 10.1. The summed E-state index contributed by atoms with van der Waals surface area (Å²) in [7, 11) is 0. The van der Waals surface area contributed by atoms with Crippen molar-refractivity contribution in [1.82, 2.24) is 15.3 Å². The number of carbonyl (C=O) groups is 3. The molecule has 2 aromatic rings. The zero-order chi connectivity index (χ0) is 33.4. The molecule has 5 rings (SSSR count). The highest BCUT2D eigenvalue weighted by molar-refractivity contribution is 8.11. The van der Waals surface area contributed by atoms with Gasteiger partial charge in [-0.05, 0) is 73.1 Å². The van der Waals surface area contributed by atoms with Gasteiger partial charge < -0.3 is 35.7 Å². The fourth-order valence-corrected chi connectivity index (χ4v) is 7.96. The smallest absolute Gasteiger partial charge is 0.363 e. The molecule has 3 aliphatic rings. The second-order valence-corrected chi connectivity index (χ2v) is 14.1. The van der Waals surface area contributed by atoms with Crippen LogP contribution < -0.4 is 21.0 Å². The number of carbonyl (C=O) groups excluding carboxylic acids is 1. The number of aromatic amines is 2. The van der Waals surface area contributed by atoms with Crippen molar-refractivity contribution in [1.29, 1.82) is 0 Å². The number of amides is 1. The molecule has 2 unspecified atom stereocenters. The molecule has 2 aromatic heterocycles. The molecule has 248 valence electrons. The number of aliphatic hydroxyl groups is 2. The predicted octanol–water partition coefficient (Wildman–Crippen LogP) is 0.764. The zero-order valence-electron chi connectivity index (χ0n) is 26.4. The maximum absolute atomic E-state index is 12.6. The minimum atomic E-state index is -1.06. The van der Waals surface area contributed by atoms with Crippen LogP contribution in [0.1, 0.15) is 72.9 Å². The summed E-state index contributed by atoms with van der Waals surface area (Å²) in [6.07, 6.45) is 3.74. The first-order chi connectivity index (χ1) is 21.8. The number of carboxylic acid groups (broad SMARTS) is 2. The van der Waals surface area contributed by atoms with Gasteiger partial charge in [0.25, 0.3) is 0 Å². The lowest BCUT2D eigenvalue weighted by molar-refractivity contribution is -0.487. The summed E-state index contributed by atoms with van der Waals surface area (Å²) >= 11 is 6.08. The Bertz CT molecular complexity index is 1730. The third kappa shape index (κ3) is 6.82. The molecule has 8 N–H and O–H groups in total. The SMILES string of the molecule is Cc1c([C@H](O)C2NC(=O)[C@H](C)[C@H]2CCS)[nH]c(/C=c2\[nH]/c(=C/[C@H]3[NH+]=C(O)/C(=C4\CS4)C3C)c(C)c2CCC(=O)O)c1CCC(=O)O. The van der Waals surface area contributed by atoms with E-state index in [1.54, 1.807) is 11.8 Å². The van der Waals surface area contributed by atoms with Crippen molar-refractivity contribution in [2.45, 2.75) is 78.0 Å². The number of hydrogen-bond donors (Lipinski definition) is 9. The van der Waals surface area contributed by atoms with Crippen molar-refractivity contribution in [3.8, 4) is 0 Å². The van der Waals surface area contributed by atoms with Crippen LogP contribution in [-0.4, -0.2) is 77.7 Å². The van der Waals surface area contributed by atoms with Gasteiger partial charge in [0.1, 0.15) is 6.10 Å². The summed E-state index contributed by atoms with van der Waals surface area (Å²) in [4.78, 5) is 47.0. The number of H-pyrrole nitrogens is 2. The lowest BCUT2D eigenvalue weighted by atomic mass is 9.85. The van der Waals surface area contributed by atoms with Crippen LogP contribution in [0.15, 0.2) is 10.5 Å². The summed E-state index contributed by atoms with van der Waals surface area (Å²) < 4.78 is 0. The van der Waals surface area contributed by atoms with E-state index < -0.39 is 24.1 Å². The third-order valence-electron chi connectivity index (χ3n) is 9.78. The predicted molar refractivity (Wildman–Crippen MR) is 179 cm³/mol. The second-order valence-electron chi connectivity index (χ2n) is 12.6. The number of aliphatic carboxylic acids is 2. The quantitative estimate of drug-likeness (QED) is 0.117. The van der Waals surface area contributed by atoms with Gasteiger partial charge in [0.05, 0.1) is 17.5 Å². The molecule has 0 aliphatic carbocycles. The van der Waals surface area contributed by atoms with Gasteiger partial charge in [-0.3, -0.25) is 14.4 Å². The summed E-state index contributed by atoms with van der Waals surface area (Å²) in [6.45, 7) is 7.68. The molecular formula is C33H43N4O7S2+. The minimum Gasteiger partial charge on any atom is -0.481 e. The monoisotopic (exact) mass is 671 g/mol. The molecule has 2 saturated heterocycles. The second kappa shape index (κ2) is 13.7. The van der Waals surface area contributed by atoms with Crippen molar-refractivity contribution < 1.29 is 39.8 Å². The molecule has 0 saturated carbocycles. The summed E-state index contributed by atoms with van der Waals surface area (Å²) in [5.74, 6) is -0.684. The van der Waals surface area contributed by atoms with E-state index in [9.17, 15) is 34.8 Å². The molecule has 13 heteroatoms. The Morgan fingerprint density at radius 2 is 1.70 bits per heavy atom. The Balaban J connectivity index is 1.61. The Morgan fingerprint density at radius 1 is 1.04 bits per heavy atom. The standard InChI is InChI=1S/C33H42N4O7S2/c1-14-18(5-7-26(38)39)23(34-21(14)11-22-17(4)28(25-13-46-25)33(44)36-22)12-24-19(6-8-27(40)41)15(2)29(35-24)31(42)30-20(9-10-45)16(3)32(43)37-30/h11-12,16-17,20,22,30-31,34-35,42,45H,5-10,13H2,1-4H3,(H,36,44)(H,37,43)(H,38,39)(H,40,41)/p+1/b21-11+,23-12-,28-25+/t16-,17?,20-,22-,30?,31+/m1/s1. The molecule has 0 radical (unpaired) electrons. The Hall–Kier alpha value is -3.42. The number of carboxylic acids is 2. The molecule has 11 nitrogen and oxygen atoms in total. The van der Waals surface area contributed by atoms with Crippen LogP contribution in [0.25, 0.3) is 12.2 Å². The largest absolute Gasteiger partial charge is 0.481 e. The van der Waals surface area contributed by atoms with E-state index in [0.29, 0.717) is 34.5 Å². The number of hydrogen-bond acceptors (Lipinski definition) is 6. The number of thioether (sulfide) groups is 1. The molecule has 1 amide bonds. The first-order valence-electron chi connectivity index (χ1n) is 15.7. The topological polar surface area (TPSA) is 190 Å². The fraction of sp³-hybridized carbons (Fsp3) is 0.515. The molecule has 0 bridgehead atoms. The van der Waals surface area contributed by atoms with Gasteiger partial charge in [-0.15, -0.1) is 11.8 Å². The van der Waals surface area contributed by atoms with Gasteiger partial charge in [-0.1, -0.05) is 13.8 Å². The van der Waals surface area contributed by atoms with Crippen LogP contribution in [-0.2, 0) is 27.2 Å². The first kappa shape index (κ1) is 33.9. The van der Waals surface area contributed by atoms with E-state index >= 15 is 0 Å². The number of nitrogens with one attached hydrogen (secondary N) is 4. The van der Waals surface area contributed by atoms with E-state index in [1.807, 2.05) is 32.9 Å². The molecule has 0 spiro atoms. The van der Waals surface area contributed by atoms with Crippen LogP contribution in [0.4, 0.5) is 0 Å². The lowest BCUT2D eigenvalue weighted by Gasteiger charge is -2.25. The van der Waals surface area contributed by atoms with Crippen LogP contribution in [0.2, 0.25) is 0 Å². The minimum absolute atomic E-state index is 0.0468. The van der Waals surface area contributed by atoms with Gasteiger partial charge in [0.2, 0.25) is 5.91 Å². The first-order valence-corrected chi connectivity index (χ1v) is 17.3. The third-order valence-corrected chi connectivity index (χ3v) is 10.8. The summed E-state index contributed by atoms with van der Waals surface area (Å²) in [5, 5.41) is 45.6. The van der Waals surface area contributed by atoms with Crippen molar-refractivity contribution in [2.75, 3.05) is 11.5 Å². The maximum atomic E-state index is 12.6. The normalized spacial score (nSPS) is 27.3. The van der Waals surface area contributed by atoms with Gasteiger partial charge in [0.15, 0.2) is 6.04 Å². The number of aromatic nitrogens is 2. The number of thiol groups is 1. The van der Waals surface area contributed by atoms with Gasteiger partial charge >= 0.3 is 17.8 Å². The van der Waals surface area contributed by atoms with E-state index in [-0.39, 0.29) is 61.3 Å². The van der Waals surface area contributed by atoms with E-state index in [1.165, 1.54) is 4.91 Å². The van der Waals surface area contributed by atoms with Crippen molar-refractivity contribution in [3.63, 3.8) is 0 Å². The van der Waals surface area contributed by atoms with Gasteiger partial charge in [-0.2, -0.15) is 12.6 Å². The van der Waals surface area contributed by atoms with Crippen LogP contribution in [0.5, 0.6) is 0 Å². The van der Waals surface area contributed by atoms with Crippen LogP contribution in [0, 0.1) is 31.6 Å². The highest BCUT2D eigenvalue weighted by Crippen LogP contribution is 2.42. The molecule has 3 aliphatic heterocycles. The molecule has 6 atom stereocenters. The highest BCUT2D eigenvalue weighted by Gasteiger charge is 2.44.